The lowest BCUT2D eigenvalue weighted by Crippen LogP contribution is -2.45. The minimum Gasteiger partial charge on any atom is -0.385 e. The summed E-state index contributed by atoms with van der Waals surface area (Å²) in [6.07, 6.45) is -2.71. The molecule has 0 saturated carbocycles. The fraction of sp³-hybridized carbons (Fsp3) is 0.588. The Balaban J connectivity index is 2.06. The monoisotopic (exact) mass is 378 g/mol. The van der Waals surface area contributed by atoms with Crippen LogP contribution in [0.5, 0.6) is 0 Å². The molecule has 0 bridgehead atoms. The first-order valence-corrected chi connectivity index (χ1v) is 8.65. The van der Waals surface area contributed by atoms with Gasteiger partial charge in [0.15, 0.2) is 0 Å². The van der Waals surface area contributed by atoms with Gasteiger partial charge in [0.1, 0.15) is 0 Å². The van der Waals surface area contributed by atoms with E-state index < -0.39 is 17.7 Å². The Bertz CT molecular complexity index is 592. The summed E-state index contributed by atoms with van der Waals surface area (Å²) in [5, 5.41) is 16.9. The van der Waals surface area contributed by atoms with Gasteiger partial charge >= 0.3 is 12.1 Å². The second-order valence-electron chi connectivity index (χ2n) is 6.34. The molecule has 0 spiro atoms. The van der Waals surface area contributed by atoms with Crippen molar-refractivity contribution in [2.45, 2.75) is 37.5 Å². The highest BCUT2D eigenvalue weighted by Gasteiger charge is 2.40. The number of aliphatic hydroxyl groups is 1. The maximum atomic E-state index is 12.2. The number of carbonyl (C=O) groups excluding carboxylic acids is 1. The molecule has 1 fully saturated rings. The molecule has 0 radical (unpaired) electrons. The van der Waals surface area contributed by atoms with Gasteiger partial charge in [-0.15, -0.1) is 0 Å². The van der Waals surface area contributed by atoms with Gasteiger partial charge in [-0.3, -0.25) is 4.79 Å². The van der Waals surface area contributed by atoms with Crippen molar-refractivity contribution in [1.29, 1.82) is 0 Å². The van der Waals surface area contributed by atoms with Crippen LogP contribution in [0, 0.1) is 5.92 Å². The molecule has 1 amide bonds. The Kier molecular flexibility index (Phi) is 6.71. The molecular formula is C17H22ClF3N2O2. The van der Waals surface area contributed by atoms with Crippen molar-refractivity contribution in [2.75, 3.05) is 19.6 Å². The van der Waals surface area contributed by atoms with Gasteiger partial charge in [0.2, 0.25) is 0 Å². The molecule has 8 heteroatoms. The number of nitrogens with one attached hydrogen (secondary N) is 2. The lowest BCUT2D eigenvalue weighted by atomic mass is 9.74. The molecule has 1 aromatic carbocycles. The Hall–Kier alpha value is -1.31. The number of rotatable bonds is 6. The summed E-state index contributed by atoms with van der Waals surface area (Å²) in [4.78, 5) is 10.9. The molecule has 4 nitrogen and oxygen atoms in total. The van der Waals surface area contributed by atoms with Crippen LogP contribution in [0.2, 0.25) is 5.02 Å². The van der Waals surface area contributed by atoms with Crippen molar-refractivity contribution in [3.8, 4) is 0 Å². The molecule has 3 N–H and O–H groups in total. The number of amides is 1. The van der Waals surface area contributed by atoms with E-state index in [9.17, 15) is 23.1 Å². The molecule has 1 saturated heterocycles. The summed E-state index contributed by atoms with van der Waals surface area (Å²) in [6, 6.07) is 6.90. The Morgan fingerprint density at radius 3 is 2.76 bits per heavy atom. The summed E-state index contributed by atoms with van der Waals surface area (Å²) in [7, 11) is 0. The number of alkyl halides is 3. The molecule has 0 aliphatic carbocycles. The molecule has 2 rings (SSSR count). The number of hydrogen-bond donors (Lipinski definition) is 3. The van der Waals surface area contributed by atoms with Gasteiger partial charge < -0.3 is 15.7 Å². The third-order valence-corrected chi connectivity index (χ3v) is 4.81. The fourth-order valence-electron chi connectivity index (χ4n) is 3.26. The van der Waals surface area contributed by atoms with E-state index in [4.69, 9.17) is 11.6 Å². The predicted octanol–water partition coefficient (Wildman–Crippen LogP) is 2.99. The van der Waals surface area contributed by atoms with Crippen molar-refractivity contribution in [1.82, 2.24) is 10.6 Å². The van der Waals surface area contributed by atoms with E-state index in [1.54, 1.807) is 24.3 Å². The zero-order chi connectivity index (χ0) is 18.5. The molecule has 0 aromatic heterocycles. The summed E-state index contributed by atoms with van der Waals surface area (Å²) in [5.74, 6) is -2.03. The van der Waals surface area contributed by atoms with Crippen LogP contribution in [-0.4, -0.2) is 36.8 Å². The minimum absolute atomic E-state index is 0.0713. The molecule has 140 valence electrons. The van der Waals surface area contributed by atoms with Gasteiger partial charge in [-0.2, -0.15) is 13.2 Å². The molecule has 2 unspecified atom stereocenters. The third-order valence-electron chi connectivity index (χ3n) is 4.57. The van der Waals surface area contributed by atoms with Crippen LogP contribution in [-0.2, 0) is 10.4 Å². The normalized spacial score (nSPS) is 20.8. The van der Waals surface area contributed by atoms with Crippen LogP contribution >= 0.6 is 11.6 Å². The van der Waals surface area contributed by atoms with E-state index in [1.807, 2.05) is 5.32 Å². The summed E-state index contributed by atoms with van der Waals surface area (Å²) in [5.41, 5.74) is -0.558. The first-order chi connectivity index (χ1) is 11.7. The first-order valence-electron chi connectivity index (χ1n) is 8.27. The average molecular weight is 379 g/mol. The molecule has 25 heavy (non-hydrogen) atoms. The average Bonchev–Trinajstić information content (AvgIpc) is 2.58. The third kappa shape index (κ3) is 5.33. The zero-order valence-corrected chi connectivity index (χ0v) is 14.5. The molecule has 1 heterocycles. The fourth-order valence-corrected chi connectivity index (χ4v) is 3.45. The number of benzene rings is 1. The second kappa shape index (κ2) is 8.38. The number of piperidine rings is 1. The highest BCUT2D eigenvalue weighted by Crippen LogP contribution is 2.38. The van der Waals surface area contributed by atoms with E-state index in [-0.39, 0.29) is 25.3 Å². The van der Waals surface area contributed by atoms with Gasteiger partial charge in [-0.05, 0) is 49.9 Å². The van der Waals surface area contributed by atoms with Gasteiger partial charge in [0.05, 0.1) is 5.60 Å². The van der Waals surface area contributed by atoms with Crippen molar-refractivity contribution >= 4 is 17.5 Å². The van der Waals surface area contributed by atoms with E-state index in [2.05, 4.69) is 5.32 Å². The first kappa shape index (κ1) is 20.0. The summed E-state index contributed by atoms with van der Waals surface area (Å²) < 4.78 is 36.7. The van der Waals surface area contributed by atoms with E-state index in [1.165, 1.54) is 0 Å². The second-order valence-corrected chi connectivity index (χ2v) is 6.77. The van der Waals surface area contributed by atoms with E-state index in [0.717, 1.165) is 19.4 Å². The number of halogens is 4. The lowest BCUT2D eigenvalue weighted by Gasteiger charge is -2.39. The van der Waals surface area contributed by atoms with Crippen molar-refractivity contribution in [3.05, 3.63) is 34.9 Å². The highest BCUT2D eigenvalue weighted by molar-refractivity contribution is 6.30. The van der Waals surface area contributed by atoms with Crippen molar-refractivity contribution < 1.29 is 23.1 Å². The summed E-state index contributed by atoms with van der Waals surface area (Å²) in [6.45, 7) is 1.35. The Morgan fingerprint density at radius 2 is 2.16 bits per heavy atom. The van der Waals surface area contributed by atoms with Crippen LogP contribution < -0.4 is 10.6 Å². The lowest BCUT2D eigenvalue weighted by molar-refractivity contribution is -0.173. The van der Waals surface area contributed by atoms with E-state index >= 15 is 0 Å². The van der Waals surface area contributed by atoms with Crippen LogP contribution in [0.1, 0.15) is 31.2 Å². The number of hydrogen-bond acceptors (Lipinski definition) is 3. The molecule has 2 atom stereocenters. The standard InChI is InChI=1S/C17H22ClF3N2O2/c18-14-6-1-4-12(10-14)16(25,13-5-2-8-22-11-13)7-3-9-23-15(24)17(19,20)21/h1,4,6,10,13,22,25H,2-3,5,7-9,11H2,(H,23,24). The van der Waals surface area contributed by atoms with Crippen LogP contribution in [0.4, 0.5) is 13.2 Å². The van der Waals surface area contributed by atoms with Crippen LogP contribution in [0.15, 0.2) is 24.3 Å². The number of carbonyl (C=O) groups is 1. The van der Waals surface area contributed by atoms with Crippen molar-refractivity contribution in [3.63, 3.8) is 0 Å². The van der Waals surface area contributed by atoms with Gasteiger partial charge in [0.25, 0.3) is 0 Å². The Labute approximate surface area is 149 Å². The zero-order valence-electron chi connectivity index (χ0n) is 13.7. The molecular weight excluding hydrogens is 357 g/mol. The van der Waals surface area contributed by atoms with Gasteiger partial charge in [-0.1, -0.05) is 23.7 Å². The quantitative estimate of drug-likeness (QED) is 0.667. The van der Waals surface area contributed by atoms with Crippen LogP contribution in [0.25, 0.3) is 0 Å². The Morgan fingerprint density at radius 1 is 1.40 bits per heavy atom. The van der Waals surface area contributed by atoms with Crippen LogP contribution in [0.3, 0.4) is 0 Å². The highest BCUT2D eigenvalue weighted by atomic mass is 35.5. The maximum absolute atomic E-state index is 12.2. The minimum atomic E-state index is -4.89. The van der Waals surface area contributed by atoms with E-state index in [0.29, 0.717) is 17.1 Å². The molecule has 1 aliphatic rings. The largest absolute Gasteiger partial charge is 0.471 e. The maximum Gasteiger partial charge on any atom is 0.471 e. The summed E-state index contributed by atoms with van der Waals surface area (Å²) >= 11 is 6.03. The SMILES string of the molecule is O=C(NCCCC(O)(c1cccc(Cl)c1)C1CCCNC1)C(F)(F)F. The molecule has 1 aromatic rings. The topological polar surface area (TPSA) is 61.4 Å². The van der Waals surface area contributed by atoms with Gasteiger partial charge in [-0.25, -0.2) is 0 Å². The smallest absolute Gasteiger partial charge is 0.385 e. The van der Waals surface area contributed by atoms with Gasteiger partial charge in [0, 0.05) is 24.0 Å². The predicted molar refractivity (Wildman–Crippen MR) is 89.2 cm³/mol. The molecule has 1 aliphatic heterocycles. The van der Waals surface area contributed by atoms with Crippen molar-refractivity contribution in [2.24, 2.45) is 5.92 Å².